The molecule has 0 heterocycles. The highest BCUT2D eigenvalue weighted by molar-refractivity contribution is 5.92. The molecular formula is C29H38O4. The third-order valence-electron chi connectivity index (χ3n) is 9.08. The lowest BCUT2D eigenvalue weighted by atomic mass is 9.53. The van der Waals surface area contributed by atoms with Gasteiger partial charge in [0.15, 0.2) is 11.5 Å². The minimum Gasteiger partial charge on any atom is -0.504 e. The van der Waals surface area contributed by atoms with Crippen molar-refractivity contribution in [1.29, 1.82) is 0 Å². The molecule has 2 aliphatic rings. The highest BCUT2D eigenvalue weighted by Crippen LogP contribution is 2.58. The molecule has 3 unspecified atom stereocenters. The summed E-state index contributed by atoms with van der Waals surface area (Å²) in [6.45, 7) is 10.7. The molecule has 3 atom stereocenters. The minimum atomic E-state index is -0.456. The number of hydrogen-bond acceptors (Lipinski definition) is 4. The van der Waals surface area contributed by atoms with Crippen LogP contribution in [0.25, 0.3) is 10.8 Å². The van der Waals surface area contributed by atoms with E-state index in [1.54, 1.807) is 6.07 Å². The third kappa shape index (κ3) is 3.72. The van der Waals surface area contributed by atoms with E-state index in [2.05, 4.69) is 39.8 Å². The Morgan fingerprint density at radius 3 is 2.48 bits per heavy atom. The van der Waals surface area contributed by atoms with Crippen molar-refractivity contribution in [3.05, 3.63) is 46.0 Å². The Kier molecular flexibility index (Phi) is 6.01. The predicted octanol–water partition coefficient (Wildman–Crippen LogP) is 6.90. The molecule has 33 heavy (non-hydrogen) atoms. The van der Waals surface area contributed by atoms with Crippen LogP contribution in [-0.2, 0) is 16.0 Å². The molecule has 0 aliphatic heterocycles. The number of fused-ring (bicyclic) bond motifs is 2. The molecule has 2 aromatic rings. The molecule has 2 aliphatic carbocycles. The standard InChI is InChI=1S/C29H38O4/c1-17-20(11-12-22-18(2)26(31)24(30)16-23(17)22)9-10-21-8-7-13-28(4)14-15-29(5,27(32)33-6)19(3)25(21)28/h11-12,16,19,30-31H,7-10,13-15H2,1-6H3. The molecule has 0 saturated heterocycles. The Labute approximate surface area is 197 Å². The summed E-state index contributed by atoms with van der Waals surface area (Å²) < 4.78 is 5.22. The van der Waals surface area contributed by atoms with Crippen LogP contribution in [0.3, 0.4) is 0 Å². The molecular weight excluding hydrogens is 412 g/mol. The van der Waals surface area contributed by atoms with Gasteiger partial charge in [0, 0.05) is 5.56 Å². The number of methoxy groups -OCH3 is 1. The Balaban J connectivity index is 1.69. The Bertz CT molecular complexity index is 1140. The van der Waals surface area contributed by atoms with Gasteiger partial charge in [-0.3, -0.25) is 4.79 Å². The number of rotatable bonds is 4. The summed E-state index contributed by atoms with van der Waals surface area (Å²) in [6.07, 6.45) is 7.35. The lowest BCUT2D eigenvalue weighted by Crippen LogP contribution is -2.46. The second kappa shape index (κ2) is 8.38. The number of hydrogen-bond donors (Lipinski definition) is 2. The summed E-state index contributed by atoms with van der Waals surface area (Å²) in [4.78, 5) is 12.7. The van der Waals surface area contributed by atoms with E-state index < -0.39 is 5.41 Å². The molecule has 1 saturated carbocycles. The first-order chi connectivity index (χ1) is 15.5. The largest absolute Gasteiger partial charge is 0.504 e. The molecule has 0 amide bonds. The molecule has 1 fully saturated rings. The zero-order chi connectivity index (χ0) is 24.1. The van der Waals surface area contributed by atoms with E-state index >= 15 is 0 Å². The van der Waals surface area contributed by atoms with Crippen molar-refractivity contribution in [3.8, 4) is 11.5 Å². The molecule has 0 radical (unpaired) electrons. The predicted molar refractivity (Wildman–Crippen MR) is 133 cm³/mol. The molecule has 4 heteroatoms. The molecule has 0 aromatic heterocycles. The maximum absolute atomic E-state index is 12.7. The van der Waals surface area contributed by atoms with Crippen molar-refractivity contribution in [3.63, 3.8) is 0 Å². The van der Waals surface area contributed by atoms with Gasteiger partial charge in [-0.25, -0.2) is 0 Å². The van der Waals surface area contributed by atoms with Crippen LogP contribution in [0.2, 0.25) is 0 Å². The van der Waals surface area contributed by atoms with E-state index in [0.29, 0.717) is 5.56 Å². The van der Waals surface area contributed by atoms with Gasteiger partial charge in [0.2, 0.25) is 0 Å². The van der Waals surface area contributed by atoms with E-state index in [1.165, 1.54) is 36.7 Å². The fourth-order valence-electron chi connectivity index (χ4n) is 6.69. The molecule has 178 valence electrons. The van der Waals surface area contributed by atoms with Crippen molar-refractivity contribution in [1.82, 2.24) is 0 Å². The number of carbonyl (C=O) groups excluding carboxylic acids is 1. The van der Waals surface area contributed by atoms with E-state index in [-0.39, 0.29) is 28.8 Å². The first-order valence-electron chi connectivity index (χ1n) is 12.3. The molecule has 4 rings (SSSR count). The number of benzene rings is 2. The van der Waals surface area contributed by atoms with Crippen molar-refractivity contribution in [2.45, 2.75) is 79.6 Å². The number of carbonyl (C=O) groups is 1. The van der Waals surface area contributed by atoms with Crippen LogP contribution in [0.1, 0.15) is 76.0 Å². The number of esters is 1. The normalized spacial score (nSPS) is 27.5. The van der Waals surface area contributed by atoms with Crippen LogP contribution in [0.5, 0.6) is 11.5 Å². The Morgan fingerprint density at radius 2 is 1.79 bits per heavy atom. The van der Waals surface area contributed by atoms with E-state index in [4.69, 9.17) is 4.74 Å². The fourth-order valence-corrected chi connectivity index (χ4v) is 6.69. The van der Waals surface area contributed by atoms with Gasteiger partial charge < -0.3 is 14.9 Å². The van der Waals surface area contributed by atoms with Crippen molar-refractivity contribution < 1.29 is 19.7 Å². The third-order valence-corrected chi connectivity index (χ3v) is 9.08. The van der Waals surface area contributed by atoms with Gasteiger partial charge >= 0.3 is 5.97 Å². The van der Waals surface area contributed by atoms with Crippen molar-refractivity contribution in [2.75, 3.05) is 7.11 Å². The number of phenols is 2. The van der Waals surface area contributed by atoms with E-state index in [0.717, 1.165) is 48.4 Å². The lowest BCUT2D eigenvalue weighted by Gasteiger charge is -2.51. The van der Waals surface area contributed by atoms with Crippen LogP contribution in [0.4, 0.5) is 0 Å². The van der Waals surface area contributed by atoms with Gasteiger partial charge in [-0.2, -0.15) is 0 Å². The quantitative estimate of drug-likeness (QED) is 0.302. The number of phenolic OH excluding ortho intramolecular Hbond substituents is 2. The van der Waals surface area contributed by atoms with Gasteiger partial charge in [0.25, 0.3) is 0 Å². The molecule has 2 aromatic carbocycles. The molecule has 2 N–H and O–H groups in total. The second-order valence-electron chi connectivity index (χ2n) is 10.9. The first-order valence-corrected chi connectivity index (χ1v) is 12.3. The lowest BCUT2D eigenvalue weighted by molar-refractivity contribution is -0.156. The van der Waals surface area contributed by atoms with Gasteiger partial charge in [-0.1, -0.05) is 37.1 Å². The number of allylic oxidation sites excluding steroid dienone is 2. The van der Waals surface area contributed by atoms with Crippen LogP contribution in [-0.4, -0.2) is 23.3 Å². The van der Waals surface area contributed by atoms with E-state index in [9.17, 15) is 15.0 Å². The molecule has 4 nitrogen and oxygen atoms in total. The summed E-state index contributed by atoms with van der Waals surface area (Å²) in [6, 6.07) is 5.91. The van der Waals surface area contributed by atoms with Gasteiger partial charge in [-0.15, -0.1) is 0 Å². The number of aryl methyl sites for hydroxylation is 3. The van der Waals surface area contributed by atoms with Crippen LogP contribution >= 0.6 is 0 Å². The van der Waals surface area contributed by atoms with Gasteiger partial charge in [0.05, 0.1) is 12.5 Å². The van der Waals surface area contributed by atoms with Gasteiger partial charge in [-0.05, 0) is 105 Å². The smallest absolute Gasteiger partial charge is 0.312 e. The Hall–Kier alpha value is -2.49. The summed E-state index contributed by atoms with van der Waals surface area (Å²) in [5.74, 6) is -0.00746. The average Bonchev–Trinajstić information content (AvgIpc) is 2.79. The monoisotopic (exact) mass is 450 g/mol. The van der Waals surface area contributed by atoms with E-state index in [1.807, 2.05) is 6.92 Å². The maximum atomic E-state index is 12.7. The summed E-state index contributed by atoms with van der Waals surface area (Å²) in [7, 11) is 1.51. The fraction of sp³-hybridized carbons (Fsp3) is 0.552. The highest BCUT2D eigenvalue weighted by Gasteiger charge is 2.52. The summed E-state index contributed by atoms with van der Waals surface area (Å²) >= 11 is 0. The number of aromatic hydroxyl groups is 2. The highest BCUT2D eigenvalue weighted by atomic mass is 16.5. The topological polar surface area (TPSA) is 66.8 Å². The zero-order valence-corrected chi connectivity index (χ0v) is 21.0. The van der Waals surface area contributed by atoms with Crippen LogP contribution in [0.15, 0.2) is 29.3 Å². The average molecular weight is 451 g/mol. The second-order valence-corrected chi connectivity index (χ2v) is 10.9. The SMILES string of the molecule is COC(=O)C1(C)CCC2(C)CCCC(CCc3ccc4c(C)c(O)c(O)cc4c3C)=C2C1C. The Morgan fingerprint density at radius 1 is 1.06 bits per heavy atom. The maximum Gasteiger partial charge on any atom is 0.312 e. The van der Waals surface area contributed by atoms with Gasteiger partial charge in [0.1, 0.15) is 0 Å². The first kappa shape index (κ1) is 23.7. The summed E-state index contributed by atoms with van der Waals surface area (Å²) in [5, 5.41) is 22.2. The zero-order valence-electron chi connectivity index (χ0n) is 21.0. The van der Waals surface area contributed by atoms with Crippen LogP contribution in [0, 0.1) is 30.6 Å². The van der Waals surface area contributed by atoms with Crippen molar-refractivity contribution in [2.24, 2.45) is 16.7 Å². The molecule has 0 bridgehead atoms. The van der Waals surface area contributed by atoms with Crippen LogP contribution < -0.4 is 0 Å². The minimum absolute atomic E-state index is 0.0389. The number of ether oxygens (including phenoxy) is 1. The summed E-state index contributed by atoms with van der Waals surface area (Å²) in [5.41, 5.74) is 5.89. The van der Waals surface area contributed by atoms with Crippen molar-refractivity contribution >= 4 is 16.7 Å². The molecule has 0 spiro atoms.